The number of nitrogens with two attached hydrogens (primary N) is 2. The van der Waals surface area contributed by atoms with Crippen LogP contribution in [0.3, 0.4) is 0 Å². The Balaban J connectivity index is 3.03. The van der Waals surface area contributed by atoms with E-state index in [1.807, 2.05) is 0 Å². The SMILES string of the molecule is NCC(Cc1cc(F)cc(C(F)(F)F)c1)C(N)=O. The molecule has 18 heavy (non-hydrogen) atoms. The number of halogens is 4. The van der Waals surface area contributed by atoms with Gasteiger partial charge in [-0.15, -0.1) is 0 Å². The molecule has 100 valence electrons. The van der Waals surface area contributed by atoms with Gasteiger partial charge in [-0.3, -0.25) is 4.79 Å². The second kappa shape index (κ2) is 5.34. The minimum absolute atomic E-state index is 0.0385. The van der Waals surface area contributed by atoms with Crippen LogP contribution in [0.4, 0.5) is 17.6 Å². The maximum Gasteiger partial charge on any atom is 0.416 e. The molecule has 0 radical (unpaired) electrons. The number of carbonyl (C=O) groups is 1. The highest BCUT2D eigenvalue weighted by Gasteiger charge is 2.31. The van der Waals surface area contributed by atoms with E-state index in [0.29, 0.717) is 6.07 Å². The number of carbonyl (C=O) groups excluding carboxylic acids is 1. The van der Waals surface area contributed by atoms with E-state index in [0.717, 1.165) is 12.1 Å². The van der Waals surface area contributed by atoms with Crippen molar-refractivity contribution in [3.63, 3.8) is 0 Å². The minimum atomic E-state index is -4.64. The van der Waals surface area contributed by atoms with Gasteiger partial charge in [-0.2, -0.15) is 13.2 Å². The summed E-state index contributed by atoms with van der Waals surface area (Å²) in [6, 6.07) is 2.11. The molecular weight excluding hydrogens is 252 g/mol. The van der Waals surface area contributed by atoms with E-state index in [2.05, 4.69) is 0 Å². The van der Waals surface area contributed by atoms with Crippen LogP contribution in [0.5, 0.6) is 0 Å². The zero-order chi connectivity index (χ0) is 13.9. The summed E-state index contributed by atoms with van der Waals surface area (Å²) in [7, 11) is 0. The van der Waals surface area contributed by atoms with Crippen molar-refractivity contribution in [3.05, 3.63) is 35.1 Å². The lowest BCUT2D eigenvalue weighted by atomic mass is 9.97. The summed E-state index contributed by atoms with van der Waals surface area (Å²) in [5, 5.41) is 0. The molecule has 0 fully saturated rings. The molecule has 1 rings (SSSR count). The van der Waals surface area contributed by atoms with Crippen LogP contribution in [0, 0.1) is 11.7 Å². The van der Waals surface area contributed by atoms with Crippen molar-refractivity contribution in [2.24, 2.45) is 17.4 Å². The first-order valence-electron chi connectivity index (χ1n) is 5.10. The van der Waals surface area contributed by atoms with Crippen molar-refractivity contribution >= 4 is 5.91 Å². The Morgan fingerprint density at radius 1 is 1.28 bits per heavy atom. The fourth-order valence-corrected chi connectivity index (χ4v) is 1.52. The Morgan fingerprint density at radius 3 is 2.33 bits per heavy atom. The molecule has 0 saturated carbocycles. The Hall–Kier alpha value is -1.63. The van der Waals surface area contributed by atoms with Crippen LogP contribution in [-0.4, -0.2) is 12.5 Å². The van der Waals surface area contributed by atoms with Gasteiger partial charge in [0.1, 0.15) is 5.82 Å². The van der Waals surface area contributed by atoms with Gasteiger partial charge in [0.25, 0.3) is 0 Å². The first kappa shape index (κ1) is 14.4. The molecule has 0 saturated heterocycles. The first-order chi connectivity index (χ1) is 8.24. The smallest absolute Gasteiger partial charge is 0.369 e. The van der Waals surface area contributed by atoms with E-state index >= 15 is 0 Å². The van der Waals surface area contributed by atoms with Crippen LogP contribution in [0.15, 0.2) is 18.2 Å². The number of rotatable bonds is 4. The van der Waals surface area contributed by atoms with Gasteiger partial charge in [0, 0.05) is 6.54 Å². The highest BCUT2D eigenvalue weighted by atomic mass is 19.4. The minimum Gasteiger partial charge on any atom is -0.369 e. The predicted molar refractivity (Wildman–Crippen MR) is 56.8 cm³/mol. The standard InChI is InChI=1S/C11H12F4N2O/c12-9-3-6(1-7(5-16)10(17)18)2-8(4-9)11(13,14)15/h2-4,7H,1,5,16H2,(H2,17,18). The Labute approximate surface area is 101 Å². The topological polar surface area (TPSA) is 69.1 Å². The molecule has 1 amide bonds. The van der Waals surface area contributed by atoms with Gasteiger partial charge in [0.05, 0.1) is 11.5 Å². The maximum absolute atomic E-state index is 13.1. The van der Waals surface area contributed by atoms with Crippen molar-refractivity contribution < 1.29 is 22.4 Å². The molecule has 4 N–H and O–H groups in total. The number of amides is 1. The number of primary amides is 1. The lowest BCUT2D eigenvalue weighted by Crippen LogP contribution is -2.31. The van der Waals surface area contributed by atoms with Crippen LogP contribution >= 0.6 is 0 Å². The van der Waals surface area contributed by atoms with Crippen molar-refractivity contribution in [1.82, 2.24) is 0 Å². The van der Waals surface area contributed by atoms with Gasteiger partial charge in [-0.25, -0.2) is 4.39 Å². The molecule has 1 aromatic rings. The fourth-order valence-electron chi connectivity index (χ4n) is 1.52. The van der Waals surface area contributed by atoms with E-state index in [-0.39, 0.29) is 18.5 Å². The average Bonchev–Trinajstić information content (AvgIpc) is 2.23. The molecule has 0 aliphatic rings. The van der Waals surface area contributed by atoms with Gasteiger partial charge in [-0.1, -0.05) is 0 Å². The summed E-state index contributed by atoms with van der Waals surface area (Å²) in [5.74, 6) is -2.55. The van der Waals surface area contributed by atoms with E-state index in [1.165, 1.54) is 0 Å². The molecular formula is C11H12F4N2O. The molecule has 0 heterocycles. The zero-order valence-corrected chi connectivity index (χ0v) is 9.30. The normalized spacial score (nSPS) is 13.4. The van der Waals surface area contributed by atoms with Crippen LogP contribution in [0.2, 0.25) is 0 Å². The van der Waals surface area contributed by atoms with Crippen LogP contribution < -0.4 is 11.5 Å². The summed E-state index contributed by atoms with van der Waals surface area (Å²) in [6.45, 7) is -0.104. The second-order valence-electron chi connectivity index (χ2n) is 3.89. The monoisotopic (exact) mass is 264 g/mol. The summed E-state index contributed by atoms with van der Waals surface area (Å²) >= 11 is 0. The Morgan fingerprint density at radius 2 is 1.89 bits per heavy atom. The highest BCUT2D eigenvalue weighted by Crippen LogP contribution is 2.30. The van der Waals surface area contributed by atoms with Gasteiger partial charge < -0.3 is 11.5 Å². The molecule has 3 nitrogen and oxygen atoms in total. The predicted octanol–water partition coefficient (Wildman–Crippen LogP) is 1.45. The largest absolute Gasteiger partial charge is 0.416 e. The van der Waals surface area contributed by atoms with Crippen molar-refractivity contribution in [2.45, 2.75) is 12.6 Å². The second-order valence-corrected chi connectivity index (χ2v) is 3.89. The molecule has 0 aromatic heterocycles. The molecule has 1 unspecified atom stereocenters. The number of hydrogen-bond acceptors (Lipinski definition) is 2. The number of benzene rings is 1. The quantitative estimate of drug-likeness (QED) is 0.808. The fraction of sp³-hybridized carbons (Fsp3) is 0.364. The molecule has 0 bridgehead atoms. The van der Waals surface area contributed by atoms with E-state index in [4.69, 9.17) is 11.5 Å². The molecule has 0 aliphatic carbocycles. The maximum atomic E-state index is 13.1. The third-order valence-corrected chi connectivity index (χ3v) is 2.45. The lowest BCUT2D eigenvalue weighted by molar-refractivity contribution is -0.137. The third kappa shape index (κ3) is 3.69. The summed E-state index contributed by atoms with van der Waals surface area (Å²) in [4.78, 5) is 10.9. The first-order valence-corrected chi connectivity index (χ1v) is 5.10. The lowest BCUT2D eigenvalue weighted by Gasteiger charge is -2.13. The Kier molecular flexibility index (Phi) is 4.28. The van der Waals surface area contributed by atoms with Crippen molar-refractivity contribution in [2.75, 3.05) is 6.54 Å². The number of hydrogen-bond donors (Lipinski definition) is 2. The number of alkyl halides is 3. The molecule has 7 heteroatoms. The van der Waals surface area contributed by atoms with E-state index < -0.39 is 29.4 Å². The zero-order valence-electron chi connectivity index (χ0n) is 9.30. The van der Waals surface area contributed by atoms with Crippen molar-refractivity contribution in [1.29, 1.82) is 0 Å². The Bertz CT molecular complexity index is 445. The van der Waals surface area contributed by atoms with Gasteiger partial charge in [0.15, 0.2) is 0 Å². The third-order valence-electron chi connectivity index (χ3n) is 2.45. The van der Waals surface area contributed by atoms with Gasteiger partial charge in [-0.05, 0) is 30.2 Å². The van der Waals surface area contributed by atoms with Crippen LogP contribution in [0.1, 0.15) is 11.1 Å². The van der Waals surface area contributed by atoms with Gasteiger partial charge in [0.2, 0.25) is 5.91 Å². The molecule has 0 aliphatic heterocycles. The van der Waals surface area contributed by atoms with Crippen LogP contribution in [-0.2, 0) is 17.4 Å². The summed E-state index contributed by atoms with van der Waals surface area (Å²) in [5.41, 5.74) is 9.23. The van der Waals surface area contributed by atoms with E-state index in [1.54, 1.807) is 0 Å². The van der Waals surface area contributed by atoms with Gasteiger partial charge >= 0.3 is 6.18 Å². The highest BCUT2D eigenvalue weighted by molar-refractivity contribution is 5.77. The molecule has 1 atom stereocenters. The van der Waals surface area contributed by atoms with Crippen LogP contribution in [0.25, 0.3) is 0 Å². The summed E-state index contributed by atoms with van der Waals surface area (Å²) in [6.07, 6.45) is -4.76. The molecule has 0 spiro atoms. The van der Waals surface area contributed by atoms with Crippen molar-refractivity contribution in [3.8, 4) is 0 Å². The average molecular weight is 264 g/mol. The molecule has 1 aromatic carbocycles. The van der Waals surface area contributed by atoms with E-state index in [9.17, 15) is 22.4 Å². The summed E-state index contributed by atoms with van der Waals surface area (Å²) < 4.78 is 50.4.